The molecule has 3 aromatic carbocycles. The van der Waals surface area contributed by atoms with Gasteiger partial charge in [-0.05, 0) is 52.1 Å². The molecule has 0 saturated carbocycles. The number of carbonyl (C=O) groups is 1. The van der Waals surface area contributed by atoms with Crippen LogP contribution in [0.2, 0.25) is 10.0 Å². The number of nitrogens with one attached hydrogen (secondary N) is 1. The Kier molecular flexibility index (Phi) is 8.07. The second-order valence-corrected chi connectivity index (χ2v) is 8.73. The summed E-state index contributed by atoms with van der Waals surface area (Å²) in [6.45, 7) is 1.44. The van der Waals surface area contributed by atoms with E-state index in [9.17, 15) is 31.1 Å². The molecule has 1 amide bonds. The lowest BCUT2D eigenvalue weighted by atomic mass is 9.94. The molecule has 0 heterocycles. The Hall–Kier alpha value is -2.71. The number of allylic oxidation sites excluding steroid dienone is 1. The summed E-state index contributed by atoms with van der Waals surface area (Å²) < 4.78 is 78.8. The highest BCUT2D eigenvalue weighted by Crippen LogP contribution is 2.40. The van der Waals surface area contributed by atoms with E-state index in [1.165, 1.54) is 18.2 Å². The van der Waals surface area contributed by atoms with E-state index in [1.807, 2.05) is 0 Å². The van der Waals surface area contributed by atoms with Crippen LogP contribution in [0.15, 0.2) is 54.6 Å². The Balaban J connectivity index is 1.94. The molecule has 1 atom stereocenters. The maximum absolute atomic E-state index is 13.9. The van der Waals surface area contributed by atoms with Gasteiger partial charge in [0.2, 0.25) is 5.91 Å². The van der Waals surface area contributed by atoms with Crippen molar-refractivity contribution in [3.05, 3.63) is 86.9 Å². The lowest BCUT2D eigenvalue weighted by molar-refractivity contribution is -0.153. The lowest BCUT2D eigenvalue weighted by Crippen LogP contribution is -2.28. The van der Waals surface area contributed by atoms with Crippen LogP contribution in [0.25, 0.3) is 16.8 Å². The van der Waals surface area contributed by atoms with Gasteiger partial charge in [0.1, 0.15) is 6.42 Å². The molecule has 0 aliphatic rings. The van der Waals surface area contributed by atoms with E-state index in [1.54, 1.807) is 43.3 Å². The van der Waals surface area contributed by atoms with Crippen LogP contribution < -0.4 is 5.32 Å². The van der Waals surface area contributed by atoms with E-state index in [0.717, 1.165) is 6.08 Å². The molecule has 0 aliphatic heterocycles. The zero-order chi connectivity index (χ0) is 26.0. The SMILES string of the molecule is Cc1c(Cl)cc(C(/C=C/c2ccc(CNC(=O)CC(F)(F)F)c3ccccc23)C(F)(F)F)cc1Cl. The number of hydrogen-bond acceptors (Lipinski definition) is 1. The third-order valence-electron chi connectivity index (χ3n) is 5.37. The van der Waals surface area contributed by atoms with Crippen LogP contribution in [0.5, 0.6) is 0 Å². The van der Waals surface area contributed by atoms with Crippen LogP contribution in [0.3, 0.4) is 0 Å². The first-order chi connectivity index (χ1) is 16.3. The van der Waals surface area contributed by atoms with Gasteiger partial charge in [-0.1, -0.05) is 71.8 Å². The van der Waals surface area contributed by atoms with Crippen LogP contribution in [0.4, 0.5) is 26.3 Å². The summed E-state index contributed by atoms with van der Waals surface area (Å²) in [6.07, 6.45) is -8.51. The number of halogens is 8. The number of amides is 1. The van der Waals surface area contributed by atoms with Crippen LogP contribution >= 0.6 is 23.2 Å². The van der Waals surface area contributed by atoms with Gasteiger partial charge in [-0.15, -0.1) is 0 Å². The molecule has 0 aromatic heterocycles. The summed E-state index contributed by atoms with van der Waals surface area (Å²) in [7, 11) is 0. The average molecular weight is 534 g/mol. The Morgan fingerprint density at radius 1 is 0.971 bits per heavy atom. The highest BCUT2D eigenvalue weighted by Gasteiger charge is 2.39. The van der Waals surface area contributed by atoms with Gasteiger partial charge in [0, 0.05) is 16.6 Å². The molecule has 0 radical (unpaired) electrons. The summed E-state index contributed by atoms with van der Waals surface area (Å²) in [5, 5.41) is 3.63. The van der Waals surface area contributed by atoms with Crippen molar-refractivity contribution in [3.63, 3.8) is 0 Å². The monoisotopic (exact) mass is 533 g/mol. The molecule has 10 heteroatoms. The molecule has 2 nitrogen and oxygen atoms in total. The van der Waals surface area contributed by atoms with Crippen LogP contribution in [-0.4, -0.2) is 18.3 Å². The lowest BCUT2D eigenvalue weighted by Gasteiger charge is -2.19. The molecule has 0 saturated heterocycles. The van der Waals surface area contributed by atoms with Crippen molar-refractivity contribution in [3.8, 4) is 0 Å². The Labute approximate surface area is 207 Å². The maximum Gasteiger partial charge on any atom is 0.399 e. The van der Waals surface area contributed by atoms with Crippen molar-refractivity contribution in [1.82, 2.24) is 5.32 Å². The van der Waals surface area contributed by atoms with E-state index in [4.69, 9.17) is 23.2 Å². The number of fused-ring (bicyclic) bond motifs is 1. The van der Waals surface area contributed by atoms with Gasteiger partial charge in [-0.3, -0.25) is 4.79 Å². The summed E-state index contributed by atoms with van der Waals surface area (Å²) in [6, 6.07) is 12.3. The normalized spacial score (nSPS) is 13.4. The summed E-state index contributed by atoms with van der Waals surface area (Å²) in [4.78, 5) is 11.5. The number of benzene rings is 3. The first-order valence-corrected chi connectivity index (χ1v) is 11.1. The van der Waals surface area contributed by atoms with Gasteiger partial charge in [-0.2, -0.15) is 26.3 Å². The standard InChI is InChI=1S/C25H19Cl2F6NO/c1-14-21(26)10-17(11-22(14)27)20(25(31,32)33)9-8-15-6-7-16(19-5-3-2-4-18(15)19)13-34-23(35)12-24(28,29)30/h2-11,20H,12-13H2,1H3,(H,34,35)/b9-8+. The topological polar surface area (TPSA) is 29.1 Å². The molecule has 186 valence electrons. The maximum atomic E-state index is 13.9. The first kappa shape index (κ1) is 26.9. The summed E-state index contributed by atoms with van der Waals surface area (Å²) in [5.74, 6) is -3.15. The second kappa shape index (κ2) is 10.5. The largest absolute Gasteiger partial charge is 0.399 e. The number of carbonyl (C=O) groups excluding carboxylic acids is 1. The van der Waals surface area contributed by atoms with Gasteiger partial charge in [0.25, 0.3) is 0 Å². The first-order valence-electron chi connectivity index (χ1n) is 10.3. The van der Waals surface area contributed by atoms with Gasteiger partial charge in [0.05, 0.1) is 5.92 Å². The van der Waals surface area contributed by atoms with Gasteiger partial charge >= 0.3 is 12.4 Å². The zero-order valence-electron chi connectivity index (χ0n) is 18.2. The molecule has 0 bridgehead atoms. The fraction of sp³-hybridized carbons (Fsp3) is 0.240. The Bertz CT molecular complexity index is 1240. The molecular weight excluding hydrogens is 515 g/mol. The molecule has 3 rings (SSSR count). The Morgan fingerprint density at radius 3 is 2.14 bits per heavy atom. The molecule has 0 fully saturated rings. The average Bonchev–Trinajstić information content (AvgIpc) is 2.74. The third kappa shape index (κ3) is 6.92. The van der Waals surface area contributed by atoms with E-state index in [2.05, 4.69) is 5.32 Å². The number of hydrogen-bond donors (Lipinski definition) is 1. The minimum absolute atomic E-state index is 0.109. The Morgan fingerprint density at radius 2 is 1.57 bits per heavy atom. The minimum atomic E-state index is -4.62. The number of rotatable bonds is 6. The highest BCUT2D eigenvalue weighted by atomic mass is 35.5. The quantitative estimate of drug-likeness (QED) is 0.317. The highest BCUT2D eigenvalue weighted by molar-refractivity contribution is 6.36. The van der Waals surface area contributed by atoms with Crippen molar-refractivity contribution in [2.24, 2.45) is 0 Å². The van der Waals surface area contributed by atoms with Crippen molar-refractivity contribution in [1.29, 1.82) is 0 Å². The van der Waals surface area contributed by atoms with Gasteiger partial charge < -0.3 is 5.32 Å². The van der Waals surface area contributed by atoms with Crippen molar-refractivity contribution >= 4 is 46.0 Å². The van der Waals surface area contributed by atoms with E-state index < -0.39 is 30.6 Å². The van der Waals surface area contributed by atoms with E-state index >= 15 is 0 Å². The molecule has 3 aromatic rings. The van der Waals surface area contributed by atoms with Gasteiger partial charge in [0.15, 0.2) is 0 Å². The molecular formula is C25H19Cl2F6NO. The van der Waals surface area contributed by atoms with Crippen LogP contribution in [-0.2, 0) is 11.3 Å². The molecule has 0 spiro atoms. The predicted octanol–water partition coefficient (Wildman–Crippen LogP) is 8.38. The predicted molar refractivity (Wildman–Crippen MR) is 125 cm³/mol. The van der Waals surface area contributed by atoms with E-state index in [-0.39, 0.29) is 22.2 Å². The van der Waals surface area contributed by atoms with Crippen molar-refractivity contribution < 1.29 is 31.1 Å². The van der Waals surface area contributed by atoms with Crippen LogP contribution in [0.1, 0.15) is 34.6 Å². The summed E-state index contributed by atoms with van der Waals surface area (Å²) >= 11 is 12.1. The van der Waals surface area contributed by atoms with Crippen molar-refractivity contribution in [2.45, 2.75) is 38.2 Å². The fourth-order valence-electron chi connectivity index (χ4n) is 3.58. The fourth-order valence-corrected chi connectivity index (χ4v) is 4.08. The smallest absolute Gasteiger partial charge is 0.352 e. The molecule has 35 heavy (non-hydrogen) atoms. The summed E-state index contributed by atoms with van der Waals surface area (Å²) in [5.41, 5.74) is 1.36. The van der Waals surface area contributed by atoms with Crippen molar-refractivity contribution in [2.75, 3.05) is 0 Å². The zero-order valence-corrected chi connectivity index (χ0v) is 19.7. The minimum Gasteiger partial charge on any atom is -0.352 e. The third-order valence-corrected chi connectivity index (χ3v) is 6.15. The molecule has 1 N–H and O–H groups in total. The van der Waals surface area contributed by atoms with Crippen LogP contribution in [0, 0.1) is 6.92 Å². The second-order valence-electron chi connectivity index (χ2n) is 7.92. The number of alkyl halides is 6. The van der Waals surface area contributed by atoms with E-state index in [0.29, 0.717) is 27.5 Å². The van der Waals surface area contributed by atoms with Gasteiger partial charge in [-0.25, -0.2) is 0 Å². The molecule has 0 aliphatic carbocycles. The molecule has 1 unspecified atom stereocenters.